The number of fused-ring (bicyclic) bond motifs is 1. The largest absolute Gasteiger partial charge is 0.790 e. The molecule has 2 aromatic rings. The number of imidazole rings is 1. The Morgan fingerprint density at radius 3 is 2.09 bits per heavy atom. The summed E-state index contributed by atoms with van der Waals surface area (Å²) < 4.78 is 21.1. The number of aromatic amines is 1. The van der Waals surface area contributed by atoms with E-state index in [2.05, 4.69) is 19.5 Å². The molecule has 2 radical (unpaired) electrons. The average Bonchev–Trinajstić information content (AvgIpc) is 3.01. The van der Waals surface area contributed by atoms with Gasteiger partial charge in [-0.2, -0.15) is 0 Å². The number of hydrogen-bond donors (Lipinski definition) is 3. The summed E-state index contributed by atoms with van der Waals surface area (Å²) in [4.78, 5) is 42.6. The van der Waals surface area contributed by atoms with Gasteiger partial charge in [0.2, 0.25) is 0 Å². The van der Waals surface area contributed by atoms with Crippen LogP contribution in [0.4, 0.5) is 0 Å². The molecular formula is C10H25N4Na2O15P-2. The van der Waals surface area contributed by atoms with Crippen molar-refractivity contribution in [3.63, 3.8) is 0 Å². The van der Waals surface area contributed by atoms with Crippen molar-refractivity contribution in [2.75, 3.05) is 6.61 Å². The Balaban J connectivity index is -0.000000139. The zero-order valence-electron chi connectivity index (χ0n) is 16.8. The van der Waals surface area contributed by atoms with Crippen molar-refractivity contribution < 1.29 is 72.2 Å². The van der Waals surface area contributed by atoms with E-state index in [4.69, 9.17) is 4.74 Å². The Morgan fingerprint density at radius 1 is 1.06 bits per heavy atom. The molecule has 1 fully saturated rings. The average molecular weight is 518 g/mol. The molecule has 2 aromatic heterocycles. The first-order valence-electron chi connectivity index (χ1n) is 6.36. The predicted octanol–water partition coefficient (Wildman–Crippen LogP) is -9.95. The van der Waals surface area contributed by atoms with Gasteiger partial charge in [-0.1, -0.05) is 0 Å². The molecule has 0 aliphatic carbocycles. The maximum absolute atomic E-state index is 11.6. The van der Waals surface area contributed by atoms with Gasteiger partial charge < -0.3 is 77.1 Å². The fraction of sp³-hybridized carbons (Fsp3) is 0.500. The molecule has 1 aliphatic rings. The Kier molecular flexibility index (Phi) is 29.8. The van der Waals surface area contributed by atoms with Crippen LogP contribution in [0.25, 0.3) is 11.2 Å². The van der Waals surface area contributed by atoms with Crippen molar-refractivity contribution in [1.29, 1.82) is 0 Å². The van der Waals surface area contributed by atoms with Crippen LogP contribution in [0.1, 0.15) is 6.23 Å². The molecule has 0 bridgehead atoms. The molecule has 0 amide bonds. The minimum Gasteiger partial charge on any atom is -0.790 e. The first-order valence-corrected chi connectivity index (χ1v) is 7.82. The first-order chi connectivity index (χ1) is 10.8. The number of aliphatic hydroxyl groups is 2. The second-order valence-corrected chi connectivity index (χ2v) is 6.00. The van der Waals surface area contributed by atoms with E-state index >= 15 is 0 Å². The summed E-state index contributed by atoms with van der Waals surface area (Å²) >= 11 is 0. The van der Waals surface area contributed by atoms with E-state index < -0.39 is 44.5 Å². The molecule has 0 saturated carbocycles. The Labute approximate surface area is 222 Å². The normalized spacial score (nSPS) is 20.5. The van der Waals surface area contributed by atoms with Crippen molar-refractivity contribution >= 4 is 78.1 Å². The molecule has 22 heteroatoms. The molecule has 1 saturated heterocycles. The maximum atomic E-state index is 11.6. The summed E-state index contributed by atoms with van der Waals surface area (Å²) in [6.07, 6.45) is -3.11. The fourth-order valence-electron chi connectivity index (χ4n) is 2.31. The Hall–Kier alpha value is 0.0600. The summed E-state index contributed by atoms with van der Waals surface area (Å²) in [7, 11) is -5.24. The molecule has 3 heterocycles. The smallest absolute Gasteiger partial charge is 0.278 e. The standard InChI is InChI=1S/C10H13N4O8P.2Na.7H2O/c15-6-4(1-21-23(18,19)20)22-10(7(6)16)14-3-13-5-8(14)11-2-12-9(5)17;;;;;;;;;/h2-4,6-7,10,15-16H,1H2,(H,11,12,17)(H2,18,19,20);;;7*1H2/p-2/t4-,6-,7-,10-;;;;;;;;;/m1........./s1. The number of phosphoric acid groups is 1. The SMILES string of the molecule is O.O.O.O.O.O.O.O=c1[nH]cnc2c1ncn2[C@@H]1O[C@H](COP(=O)([O-])[O-])[C@@H](O)[C@H]1O.[Na].[Na]. The van der Waals surface area contributed by atoms with Crippen LogP contribution in [0.2, 0.25) is 0 Å². The monoisotopic (exact) mass is 518 g/mol. The second-order valence-electron chi connectivity index (χ2n) is 4.84. The van der Waals surface area contributed by atoms with Crippen molar-refractivity contribution in [2.24, 2.45) is 0 Å². The third-order valence-corrected chi connectivity index (χ3v) is 3.84. The van der Waals surface area contributed by atoms with Crippen LogP contribution in [0.5, 0.6) is 0 Å². The van der Waals surface area contributed by atoms with E-state index in [0.717, 1.165) is 6.33 Å². The number of rotatable bonds is 4. The van der Waals surface area contributed by atoms with Crippen LogP contribution >= 0.6 is 7.82 Å². The molecule has 0 unspecified atom stereocenters. The van der Waals surface area contributed by atoms with Crippen LogP contribution in [-0.2, 0) is 13.8 Å². The van der Waals surface area contributed by atoms with Gasteiger partial charge in [-0.15, -0.1) is 0 Å². The summed E-state index contributed by atoms with van der Waals surface area (Å²) in [5.74, 6) is 0. The van der Waals surface area contributed by atoms with E-state index in [-0.39, 0.29) is 109 Å². The quantitative estimate of drug-likeness (QED) is 0.253. The summed E-state index contributed by atoms with van der Waals surface area (Å²) in [5.41, 5.74) is -0.397. The Bertz CT molecular complexity index is 834. The number of nitrogens with zero attached hydrogens (tertiary/aromatic N) is 3. The minimum absolute atomic E-state index is 0. The molecule has 17 N–H and O–H groups in total. The predicted molar refractivity (Wildman–Crippen MR) is 104 cm³/mol. The van der Waals surface area contributed by atoms with E-state index in [9.17, 15) is 29.4 Å². The summed E-state index contributed by atoms with van der Waals surface area (Å²) in [6, 6.07) is 0. The van der Waals surface area contributed by atoms with Gasteiger partial charge in [0.1, 0.15) is 18.3 Å². The van der Waals surface area contributed by atoms with Crippen LogP contribution in [0, 0.1) is 0 Å². The molecule has 1 aliphatic heterocycles. The number of aliphatic hydroxyl groups excluding tert-OH is 2. The summed E-state index contributed by atoms with van der Waals surface area (Å²) in [5, 5.41) is 19.9. The molecule has 0 aromatic carbocycles. The molecular weight excluding hydrogens is 493 g/mol. The number of H-pyrrole nitrogens is 1. The van der Waals surface area contributed by atoms with Crippen molar-refractivity contribution in [2.45, 2.75) is 24.5 Å². The zero-order chi connectivity index (χ0) is 16.8. The maximum Gasteiger partial charge on any atom is 0.278 e. The molecule has 4 atom stereocenters. The first kappa shape index (κ1) is 49.2. The number of phosphoric ester groups is 1. The number of aromatic nitrogens is 4. The zero-order valence-corrected chi connectivity index (χ0v) is 21.7. The van der Waals surface area contributed by atoms with Gasteiger partial charge in [0, 0.05) is 59.1 Å². The van der Waals surface area contributed by atoms with Crippen molar-refractivity contribution in [3.8, 4) is 0 Å². The topological polar surface area (TPSA) is 406 Å². The number of nitrogens with one attached hydrogen (secondary N) is 1. The summed E-state index contributed by atoms with van der Waals surface area (Å²) in [6.45, 7) is -0.750. The molecule has 3 rings (SSSR count). The van der Waals surface area contributed by atoms with Crippen molar-refractivity contribution in [3.05, 3.63) is 23.0 Å². The van der Waals surface area contributed by atoms with E-state index in [1.54, 1.807) is 0 Å². The van der Waals surface area contributed by atoms with Crippen LogP contribution < -0.4 is 15.3 Å². The Morgan fingerprint density at radius 2 is 1.59 bits per heavy atom. The fourth-order valence-corrected chi connectivity index (χ4v) is 2.64. The van der Waals surface area contributed by atoms with Crippen molar-refractivity contribution in [1.82, 2.24) is 19.5 Å². The van der Waals surface area contributed by atoms with E-state index in [1.807, 2.05) is 0 Å². The molecule has 19 nitrogen and oxygen atoms in total. The molecule has 32 heavy (non-hydrogen) atoms. The van der Waals surface area contributed by atoms with E-state index in [1.165, 1.54) is 10.9 Å². The van der Waals surface area contributed by atoms with Gasteiger partial charge in [-0.05, 0) is 0 Å². The number of ether oxygens (including phenoxy) is 1. The minimum atomic E-state index is -5.24. The third kappa shape index (κ3) is 10.5. The van der Waals surface area contributed by atoms with Gasteiger partial charge in [-0.25, -0.2) is 9.97 Å². The van der Waals surface area contributed by atoms with Crippen LogP contribution in [0.3, 0.4) is 0 Å². The van der Waals surface area contributed by atoms with Gasteiger partial charge in [-0.3, -0.25) is 9.36 Å². The third-order valence-electron chi connectivity index (χ3n) is 3.37. The van der Waals surface area contributed by atoms with Gasteiger partial charge in [0.15, 0.2) is 17.4 Å². The van der Waals surface area contributed by atoms with Gasteiger partial charge in [0.25, 0.3) is 5.56 Å². The van der Waals surface area contributed by atoms with Crippen LogP contribution in [0.15, 0.2) is 17.4 Å². The van der Waals surface area contributed by atoms with Gasteiger partial charge >= 0.3 is 0 Å². The second kappa shape index (κ2) is 19.4. The van der Waals surface area contributed by atoms with E-state index in [0.29, 0.717) is 0 Å². The van der Waals surface area contributed by atoms with Gasteiger partial charge in [0.05, 0.1) is 27.1 Å². The molecule has 0 spiro atoms. The number of hydrogen-bond acceptors (Lipinski definition) is 10. The molecule has 184 valence electrons. The van der Waals surface area contributed by atoms with Crippen LogP contribution in [-0.4, -0.2) is 152 Å².